The molecule has 0 spiro atoms. The van der Waals surface area contributed by atoms with Crippen molar-refractivity contribution in [2.45, 2.75) is 63.7 Å². The van der Waals surface area contributed by atoms with Gasteiger partial charge in [0.05, 0.1) is 13.0 Å². The summed E-state index contributed by atoms with van der Waals surface area (Å²) in [4.78, 5) is 22.5. The number of ether oxygens (including phenoxy) is 1. The van der Waals surface area contributed by atoms with Crippen molar-refractivity contribution in [1.82, 2.24) is 0 Å². The first-order valence-corrected chi connectivity index (χ1v) is 10.8. The molecule has 2 aromatic rings. The predicted molar refractivity (Wildman–Crippen MR) is 120 cm³/mol. The zero-order valence-electron chi connectivity index (χ0n) is 18.0. The highest BCUT2D eigenvalue weighted by Gasteiger charge is 2.23. The summed E-state index contributed by atoms with van der Waals surface area (Å²) in [5.74, 6) is -1.67. The molecule has 0 bridgehead atoms. The number of carboxylic acid groups (broad SMARTS) is 2. The quantitative estimate of drug-likeness (QED) is 0.327. The zero-order chi connectivity index (χ0) is 22.6. The van der Waals surface area contributed by atoms with Crippen LogP contribution >= 0.6 is 0 Å². The van der Waals surface area contributed by atoms with E-state index in [2.05, 4.69) is 0 Å². The van der Waals surface area contributed by atoms with Crippen LogP contribution in [-0.4, -0.2) is 34.4 Å². The molecule has 0 aromatic heterocycles. The molecule has 1 atom stereocenters. The Bertz CT molecular complexity index is 861. The van der Waals surface area contributed by atoms with Crippen LogP contribution < -0.4 is 4.74 Å². The second-order valence-electron chi connectivity index (χ2n) is 7.77. The molecule has 0 amide bonds. The fourth-order valence-corrected chi connectivity index (χ4v) is 3.83. The largest absolute Gasteiger partial charge is 0.507 e. The SMILES string of the molecule is COc1ccc(-c2ccccc2C(CCCCCCCCCC(=O)O)C(=O)O)c(O)c1. The third-order valence-electron chi connectivity index (χ3n) is 5.51. The maximum absolute atomic E-state index is 12.0. The number of phenolic OH excluding ortho intramolecular Hbond substituents is 1. The summed E-state index contributed by atoms with van der Waals surface area (Å²) in [7, 11) is 1.53. The summed E-state index contributed by atoms with van der Waals surface area (Å²) in [5, 5.41) is 28.9. The summed E-state index contributed by atoms with van der Waals surface area (Å²) in [6.07, 6.45) is 7.19. The van der Waals surface area contributed by atoms with Crippen molar-refractivity contribution in [2.24, 2.45) is 0 Å². The van der Waals surface area contributed by atoms with E-state index >= 15 is 0 Å². The number of benzene rings is 2. The fourth-order valence-electron chi connectivity index (χ4n) is 3.83. The van der Waals surface area contributed by atoms with E-state index in [9.17, 15) is 19.8 Å². The molecule has 0 fully saturated rings. The number of hydrogen-bond acceptors (Lipinski definition) is 4. The van der Waals surface area contributed by atoms with Crippen LogP contribution in [0.1, 0.15) is 69.3 Å². The van der Waals surface area contributed by atoms with E-state index in [0.29, 0.717) is 35.3 Å². The Kier molecular flexibility index (Phi) is 9.88. The number of hydrogen-bond donors (Lipinski definition) is 3. The van der Waals surface area contributed by atoms with Gasteiger partial charge in [0.2, 0.25) is 0 Å². The molecule has 6 nitrogen and oxygen atoms in total. The molecule has 31 heavy (non-hydrogen) atoms. The Hall–Kier alpha value is -3.02. The summed E-state index contributed by atoms with van der Waals surface area (Å²) in [6.45, 7) is 0. The lowest BCUT2D eigenvalue weighted by molar-refractivity contribution is -0.139. The highest BCUT2D eigenvalue weighted by molar-refractivity contribution is 5.83. The number of rotatable bonds is 14. The minimum atomic E-state index is -0.867. The fraction of sp³-hybridized carbons (Fsp3) is 0.440. The van der Waals surface area contributed by atoms with Crippen LogP contribution in [0, 0.1) is 0 Å². The first-order valence-electron chi connectivity index (χ1n) is 10.8. The van der Waals surface area contributed by atoms with Crippen LogP contribution in [0.4, 0.5) is 0 Å². The number of aliphatic carboxylic acids is 2. The number of phenols is 1. The van der Waals surface area contributed by atoms with Gasteiger partial charge in [0, 0.05) is 18.1 Å². The van der Waals surface area contributed by atoms with E-state index in [1.807, 2.05) is 24.3 Å². The van der Waals surface area contributed by atoms with Gasteiger partial charge in [-0.25, -0.2) is 0 Å². The lowest BCUT2D eigenvalue weighted by atomic mass is 9.87. The minimum Gasteiger partial charge on any atom is -0.507 e. The summed E-state index contributed by atoms with van der Waals surface area (Å²) in [5.41, 5.74) is 2.00. The standard InChI is InChI=1S/C25H32O6/c1-31-18-15-16-21(23(26)17-18)19-11-9-10-12-20(19)22(25(29)30)13-7-5-3-2-4-6-8-14-24(27)28/h9-12,15-17,22,26H,2-8,13-14H2,1H3,(H,27,28)(H,29,30). The molecule has 0 radical (unpaired) electrons. The van der Waals surface area contributed by atoms with Crippen LogP contribution in [0.15, 0.2) is 42.5 Å². The van der Waals surface area contributed by atoms with Gasteiger partial charge >= 0.3 is 11.9 Å². The lowest BCUT2D eigenvalue weighted by Crippen LogP contribution is -2.13. The van der Waals surface area contributed by atoms with Crippen molar-refractivity contribution < 1.29 is 29.6 Å². The smallest absolute Gasteiger partial charge is 0.310 e. The van der Waals surface area contributed by atoms with Gasteiger partial charge in [0.25, 0.3) is 0 Å². The Balaban J connectivity index is 1.97. The van der Waals surface area contributed by atoms with Gasteiger partial charge in [-0.05, 0) is 36.1 Å². The number of unbranched alkanes of at least 4 members (excludes halogenated alkanes) is 6. The lowest BCUT2D eigenvalue weighted by Gasteiger charge is -2.18. The molecule has 2 rings (SSSR count). The van der Waals surface area contributed by atoms with Gasteiger partial charge in [-0.15, -0.1) is 0 Å². The van der Waals surface area contributed by atoms with Crippen molar-refractivity contribution in [3.63, 3.8) is 0 Å². The van der Waals surface area contributed by atoms with Gasteiger partial charge in [-0.3, -0.25) is 9.59 Å². The molecule has 3 N–H and O–H groups in total. The molecule has 0 aliphatic carbocycles. The summed E-state index contributed by atoms with van der Waals surface area (Å²) >= 11 is 0. The van der Waals surface area contributed by atoms with Crippen molar-refractivity contribution in [3.8, 4) is 22.6 Å². The third kappa shape index (κ3) is 7.63. The topological polar surface area (TPSA) is 104 Å². The zero-order valence-corrected chi connectivity index (χ0v) is 18.0. The average Bonchev–Trinajstić information content (AvgIpc) is 2.74. The van der Waals surface area contributed by atoms with Crippen molar-refractivity contribution in [2.75, 3.05) is 7.11 Å². The highest BCUT2D eigenvalue weighted by Crippen LogP contribution is 2.38. The summed E-state index contributed by atoms with van der Waals surface area (Å²) in [6, 6.07) is 12.3. The van der Waals surface area contributed by atoms with Gasteiger partial charge in [0.15, 0.2) is 0 Å². The molecular weight excluding hydrogens is 396 g/mol. The molecule has 6 heteroatoms. The van der Waals surface area contributed by atoms with Crippen LogP contribution in [0.25, 0.3) is 11.1 Å². The minimum absolute atomic E-state index is 0.0545. The number of carboxylic acids is 2. The summed E-state index contributed by atoms with van der Waals surface area (Å²) < 4.78 is 5.14. The Morgan fingerprint density at radius 1 is 0.871 bits per heavy atom. The predicted octanol–water partition coefficient (Wildman–Crippen LogP) is 5.83. The number of carbonyl (C=O) groups is 2. The molecule has 0 aliphatic heterocycles. The van der Waals surface area contributed by atoms with E-state index in [-0.39, 0.29) is 12.2 Å². The molecular formula is C25H32O6. The highest BCUT2D eigenvalue weighted by atomic mass is 16.5. The monoisotopic (exact) mass is 428 g/mol. The molecule has 1 unspecified atom stereocenters. The van der Waals surface area contributed by atoms with Crippen molar-refractivity contribution >= 4 is 11.9 Å². The van der Waals surface area contributed by atoms with Crippen molar-refractivity contribution in [1.29, 1.82) is 0 Å². The maximum atomic E-state index is 12.0. The van der Waals surface area contributed by atoms with E-state index < -0.39 is 17.9 Å². The second-order valence-corrected chi connectivity index (χ2v) is 7.77. The van der Waals surface area contributed by atoms with E-state index in [1.165, 1.54) is 13.2 Å². The van der Waals surface area contributed by atoms with E-state index in [0.717, 1.165) is 38.5 Å². The molecule has 0 saturated carbocycles. The Morgan fingerprint density at radius 3 is 2.13 bits per heavy atom. The first-order chi connectivity index (χ1) is 14.9. The molecule has 2 aromatic carbocycles. The van der Waals surface area contributed by atoms with Crippen LogP contribution in [0.2, 0.25) is 0 Å². The third-order valence-corrected chi connectivity index (χ3v) is 5.51. The Labute approximate surface area is 183 Å². The molecule has 0 aliphatic rings. The number of methoxy groups -OCH3 is 1. The van der Waals surface area contributed by atoms with Crippen LogP contribution in [-0.2, 0) is 9.59 Å². The van der Waals surface area contributed by atoms with Gasteiger partial charge in [0.1, 0.15) is 11.5 Å². The van der Waals surface area contributed by atoms with Gasteiger partial charge in [-0.1, -0.05) is 62.8 Å². The van der Waals surface area contributed by atoms with E-state index in [1.54, 1.807) is 12.1 Å². The maximum Gasteiger partial charge on any atom is 0.310 e. The van der Waals surface area contributed by atoms with Crippen LogP contribution in [0.3, 0.4) is 0 Å². The molecule has 168 valence electrons. The van der Waals surface area contributed by atoms with E-state index in [4.69, 9.17) is 9.84 Å². The molecule has 0 heterocycles. The average molecular weight is 429 g/mol. The first kappa shape index (κ1) is 24.3. The Morgan fingerprint density at radius 2 is 1.52 bits per heavy atom. The normalized spacial score (nSPS) is 11.8. The molecule has 0 saturated heterocycles. The van der Waals surface area contributed by atoms with Crippen molar-refractivity contribution in [3.05, 3.63) is 48.0 Å². The van der Waals surface area contributed by atoms with Crippen LogP contribution in [0.5, 0.6) is 11.5 Å². The second kappa shape index (κ2) is 12.6. The van der Waals surface area contributed by atoms with Gasteiger partial charge in [-0.2, -0.15) is 0 Å². The number of aromatic hydroxyl groups is 1. The van der Waals surface area contributed by atoms with Gasteiger partial charge < -0.3 is 20.1 Å².